The summed E-state index contributed by atoms with van der Waals surface area (Å²) in [6, 6.07) is 7.31. The first-order valence-electron chi connectivity index (χ1n) is 9.88. The van der Waals surface area contributed by atoms with Crippen LogP contribution in [0.25, 0.3) is 10.9 Å². The smallest absolute Gasteiger partial charge is 0.443 e. The summed E-state index contributed by atoms with van der Waals surface area (Å²) in [5, 5.41) is 23.7. The van der Waals surface area contributed by atoms with Crippen LogP contribution in [0.5, 0.6) is 0 Å². The Kier molecular flexibility index (Phi) is 7.16. The molecule has 0 amide bonds. The first-order chi connectivity index (χ1) is 13.3. The zero-order valence-corrected chi connectivity index (χ0v) is 18.6. The van der Waals surface area contributed by atoms with Crippen LogP contribution < -0.4 is 10.9 Å². The quantitative estimate of drug-likeness (QED) is 0.611. The van der Waals surface area contributed by atoms with Gasteiger partial charge >= 0.3 is 13.2 Å². The van der Waals surface area contributed by atoms with Gasteiger partial charge in [-0.2, -0.15) is 0 Å². The predicted molar refractivity (Wildman–Crippen MR) is 117 cm³/mol. The van der Waals surface area contributed by atoms with Crippen molar-refractivity contribution in [3.05, 3.63) is 29.8 Å². The van der Waals surface area contributed by atoms with Crippen molar-refractivity contribution in [3.63, 3.8) is 0 Å². The van der Waals surface area contributed by atoms with Crippen molar-refractivity contribution in [1.29, 1.82) is 0 Å². The third-order valence-electron chi connectivity index (χ3n) is 4.41. The maximum atomic E-state index is 12.6. The van der Waals surface area contributed by atoms with Crippen LogP contribution in [0.3, 0.4) is 0 Å². The summed E-state index contributed by atoms with van der Waals surface area (Å²) in [4.78, 5) is 14.8. The second-order valence-electron chi connectivity index (χ2n) is 9.66. The Balaban J connectivity index is 2.23. The van der Waals surface area contributed by atoms with Gasteiger partial charge in [0.25, 0.3) is 0 Å². The van der Waals surface area contributed by atoms with Gasteiger partial charge in [-0.3, -0.25) is 4.57 Å². The molecule has 0 aliphatic rings. The highest BCUT2D eigenvalue weighted by molar-refractivity contribution is 6.59. The van der Waals surface area contributed by atoms with E-state index in [0.717, 1.165) is 24.0 Å². The van der Waals surface area contributed by atoms with E-state index in [-0.39, 0.29) is 11.0 Å². The van der Waals surface area contributed by atoms with Gasteiger partial charge in [0, 0.05) is 25.0 Å². The van der Waals surface area contributed by atoms with E-state index in [1.807, 2.05) is 18.2 Å². The molecule has 0 saturated heterocycles. The summed E-state index contributed by atoms with van der Waals surface area (Å²) in [6.45, 7) is 12.3. The molecule has 0 fully saturated rings. The molecule has 0 spiro atoms. The lowest BCUT2D eigenvalue weighted by molar-refractivity contribution is 0.0547. The topological polar surface area (TPSA) is 87.0 Å². The summed E-state index contributed by atoms with van der Waals surface area (Å²) in [7, 11) is 2.36. The van der Waals surface area contributed by atoms with Crippen LogP contribution in [0.1, 0.15) is 40.2 Å². The second kappa shape index (κ2) is 8.87. The minimum Gasteiger partial charge on any atom is -0.443 e. The van der Waals surface area contributed by atoms with Gasteiger partial charge < -0.3 is 25.0 Å². The number of hydrogen-bond acceptors (Lipinski definition) is 6. The van der Waals surface area contributed by atoms with Crippen molar-refractivity contribution in [2.75, 3.05) is 27.2 Å². The number of carbonyl (C=O) groups excluding carboxylic acids is 1. The molecule has 2 rings (SSSR count). The minimum absolute atomic E-state index is 0.0893. The number of ether oxygens (including phenoxy) is 1. The largest absolute Gasteiger partial charge is 0.506 e. The average molecular weight is 403 g/mol. The van der Waals surface area contributed by atoms with E-state index in [1.165, 1.54) is 4.57 Å². The Morgan fingerprint density at radius 2 is 1.83 bits per heavy atom. The Labute approximate surface area is 173 Å². The Morgan fingerprint density at radius 1 is 1.17 bits per heavy atom. The number of aromatic nitrogens is 1. The summed E-state index contributed by atoms with van der Waals surface area (Å²) < 4.78 is 6.66. The number of rotatable bonds is 7. The molecule has 2 aromatic rings. The molecule has 0 aliphatic carbocycles. The molecule has 0 saturated carbocycles. The van der Waals surface area contributed by atoms with E-state index in [9.17, 15) is 14.8 Å². The molecule has 8 heteroatoms. The number of nitrogens with one attached hydrogen (secondary N) is 1. The van der Waals surface area contributed by atoms with Crippen molar-refractivity contribution in [1.82, 2.24) is 14.8 Å². The molecule has 0 aliphatic heterocycles. The molecule has 1 aromatic heterocycles. The van der Waals surface area contributed by atoms with Gasteiger partial charge in [0.1, 0.15) is 5.60 Å². The molecule has 0 radical (unpaired) electrons. The Morgan fingerprint density at radius 3 is 2.38 bits per heavy atom. The molecule has 1 heterocycles. The van der Waals surface area contributed by atoms with Gasteiger partial charge in [0.15, 0.2) is 0 Å². The van der Waals surface area contributed by atoms with E-state index in [4.69, 9.17) is 4.74 Å². The van der Waals surface area contributed by atoms with Crippen LogP contribution in [0, 0.1) is 5.41 Å². The van der Waals surface area contributed by atoms with E-state index in [1.54, 1.807) is 26.8 Å². The highest BCUT2D eigenvalue weighted by atomic mass is 16.6. The maximum Gasteiger partial charge on any atom is 0.506 e. The number of fused-ring (bicyclic) bond motifs is 1. The summed E-state index contributed by atoms with van der Waals surface area (Å²) >= 11 is 0. The van der Waals surface area contributed by atoms with Gasteiger partial charge in [0.05, 0.1) is 11.1 Å². The number of benzene rings is 1. The van der Waals surface area contributed by atoms with Gasteiger partial charge in [-0.1, -0.05) is 19.9 Å². The molecular formula is C21H34BN3O4. The van der Waals surface area contributed by atoms with Crippen molar-refractivity contribution in [3.8, 4) is 0 Å². The second-order valence-corrected chi connectivity index (χ2v) is 9.66. The summed E-state index contributed by atoms with van der Waals surface area (Å²) in [5.74, 6) is 0. The van der Waals surface area contributed by atoms with Gasteiger partial charge in [0.2, 0.25) is 0 Å². The van der Waals surface area contributed by atoms with Gasteiger partial charge in [-0.05, 0) is 64.0 Å². The van der Waals surface area contributed by atoms with E-state index in [2.05, 4.69) is 38.2 Å². The van der Waals surface area contributed by atoms with Crippen molar-refractivity contribution in [2.24, 2.45) is 5.41 Å². The first kappa shape index (κ1) is 23.4. The van der Waals surface area contributed by atoms with Crippen LogP contribution in [0.15, 0.2) is 24.3 Å². The van der Waals surface area contributed by atoms with Gasteiger partial charge in [-0.25, -0.2) is 4.79 Å². The lowest BCUT2D eigenvalue weighted by Crippen LogP contribution is -2.40. The van der Waals surface area contributed by atoms with E-state index >= 15 is 0 Å². The van der Waals surface area contributed by atoms with Gasteiger partial charge in [-0.15, -0.1) is 0 Å². The van der Waals surface area contributed by atoms with Crippen molar-refractivity contribution >= 4 is 29.7 Å². The lowest BCUT2D eigenvalue weighted by Gasteiger charge is -2.28. The molecule has 7 nitrogen and oxygen atoms in total. The zero-order chi connectivity index (χ0) is 22.0. The highest BCUT2D eigenvalue weighted by Crippen LogP contribution is 2.20. The number of carbonyl (C=O) groups is 1. The molecule has 1 aromatic carbocycles. The van der Waals surface area contributed by atoms with Crippen LogP contribution in [-0.4, -0.2) is 65.5 Å². The lowest BCUT2D eigenvalue weighted by atomic mass is 9.86. The fraction of sp³-hybridized carbons (Fsp3) is 0.571. The SMILES string of the molecule is CN(C)CC(C)(C)CNCc1ccc2c(c1)cc(B(O)O)n2C(=O)OC(C)(C)C. The summed E-state index contributed by atoms with van der Waals surface area (Å²) in [5.41, 5.74) is 1.18. The molecule has 160 valence electrons. The standard InChI is InChI=1S/C21H34BN3O4/c1-20(2,3)29-19(26)25-17-9-8-15(10-16(17)11-18(25)22(27)28)12-23-13-21(4,5)14-24(6)7/h8-11,23,27-28H,12-14H2,1-7H3. The van der Waals surface area contributed by atoms with Crippen LogP contribution in [-0.2, 0) is 11.3 Å². The maximum absolute atomic E-state index is 12.6. The normalized spacial score (nSPS) is 12.6. The fourth-order valence-electron chi connectivity index (χ4n) is 3.55. The fourth-order valence-corrected chi connectivity index (χ4v) is 3.55. The van der Waals surface area contributed by atoms with E-state index in [0.29, 0.717) is 12.1 Å². The van der Waals surface area contributed by atoms with Crippen LogP contribution in [0.2, 0.25) is 0 Å². The first-order valence-corrected chi connectivity index (χ1v) is 9.88. The Bertz CT molecular complexity index is 853. The molecule has 29 heavy (non-hydrogen) atoms. The van der Waals surface area contributed by atoms with Crippen LogP contribution >= 0.6 is 0 Å². The van der Waals surface area contributed by atoms with Crippen LogP contribution in [0.4, 0.5) is 4.79 Å². The number of hydrogen-bond donors (Lipinski definition) is 3. The summed E-state index contributed by atoms with van der Waals surface area (Å²) in [6.07, 6.45) is -0.632. The predicted octanol–water partition coefficient (Wildman–Crippen LogP) is 1.78. The molecular weight excluding hydrogens is 369 g/mol. The number of nitrogens with zero attached hydrogens (tertiary/aromatic N) is 2. The molecule has 0 atom stereocenters. The molecule has 0 bridgehead atoms. The minimum atomic E-state index is -1.77. The Hall–Kier alpha value is -1.87. The molecule has 3 N–H and O–H groups in total. The van der Waals surface area contributed by atoms with Crippen molar-refractivity contribution in [2.45, 2.75) is 46.8 Å². The molecule has 0 unspecified atom stereocenters. The third-order valence-corrected chi connectivity index (χ3v) is 4.41. The zero-order valence-electron chi connectivity index (χ0n) is 18.6. The van der Waals surface area contributed by atoms with Crippen molar-refractivity contribution < 1.29 is 19.6 Å². The van der Waals surface area contributed by atoms with E-state index < -0.39 is 18.8 Å². The average Bonchev–Trinajstić information content (AvgIpc) is 2.90. The third kappa shape index (κ3) is 6.57. The highest BCUT2D eigenvalue weighted by Gasteiger charge is 2.27. The monoisotopic (exact) mass is 403 g/mol.